The van der Waals surface area contributed by atoms with E-state index in [1.165, 1.54) is 0 Å². The van der Waals surface area contributed by atoms with E-state index in [0.29, 0.717) is 11.5 Å². The van der Waals surface area contributed by atoms with Crippen molar-refractivity contribution in [2.24, 2.45) is 5.10 Å². The van der Waals surface area contributed by atoms with Crippen LogP contribution in [-0.4, -0.2) is 25.8 Å². The first kappa shape index (κ1) is 17.0. The highest BCUT2D eigenvalue weighted by molar-refractivity contribution is 5.85. The van der Waals surface area contributed by atoms with Crippen LogP contribution in [0.1, 0.15) is 38.7 Å². The van der Waals surface area contributed by atoms with Gasteiger partial charge in [-0.05, 0) is 37.5 Å². The molecule has 0 saturated heterocycles. The molecule has 116 valence electrons. The minimum atomic E-state index is -0.141. The number of rotatable bonds is 8. The molecule has 0 spiro atoms. The van der Waals surface area contributed by atoms with Crippen LogP contribution >= 0.6 is 0 Å². The van der Waals surface area contributed by atoms with Crippen LogP contribution in [0.15, 0.2) is 23.3 Å². The van der Waals surface area contributed by atoms with Crippen molar-refractivity contribution in [2.45, 2.75) is 39.5 Å². The van der Waals surface area contributed by atoms with Crippen LogP contribution in [0.5, 0.6) is 11.5 Å². The second kappa shape index (κ2) is 9.00. The Hall–Kier alpha value is -2.04. The summed E-state index contributed by atoms with van der Waals surface area (Å²) in [6, 6.07) is 5.43. The molecule has 1 aromatic rings. The van der Waals surface area contributed by atoms with Crippen molar-refractivity contribution in [2.75, 3.05) is 14.2 Å². The Balaban J connectivity index is 2.58. The van der Waals surface area contributed by atoms with Gasteiger partial charge in [-0.1, -0.05) is 19.4 Å². The van der Waals surface area contributed by atoms with Gasteiger partial charge in [0.25, 0.3) is 0 Å². The molecule has 0 fully saturated rings. The van der Waals surface area contributed by atoms with Crippen molar-refractivity contribution in [3.63, 3.8) is 0 Å². The fraction of sp³-hybridized carbons (Fsp3) is 0.500. The molecule has 21 heavy (non-hydrogen) atoms. The van der Waals surface area contributed by atoms with Gasteiger partial charge in [0.05, 0.1) is 20.6 Å². The molecule has 0 aliphatic rings. The molecule has 0 aromatic heterocycles. The Morgan fingerprint density at radius 1 is 1.24 bits per heavy atom. The lowest BCUT2D eigenvalue weighted by Gasteiger charge is -2.09. The number of hydrogen-bond acceptors (Lipinski definition) is 4. The molecule has 0 radical (unpaired) electrons. The fourth-order valence-electron chi connectivity index (χ4n) is 1.86. The number of methoxy groups -OCH3 is 2. The molecule has 0 aliphatic carbocycles. The summed E-state index contributed by atoms with van der Waals surface area (Å²) in [5.41, 5.74) is 4.38. The molecule has 0 aliphatic heterocycles. The molecular weight excluding hydrogens is 268 g/mol. The highest BCUT2D eigenvalue weighted by Crippen LogP contribution is 2.27. The molecule has 1 N–H and O–H groups in total. The smallest absolute Gasteiger partial charge is 0.244 e. The van der Waals surface area contributed by atoms with Gasteiger partial charge in [0.15, 0.2) is 11.5 Å². The normalized spacial score (nSPS) is 11.1. The van der Waals surface area contributed by atoms with Crippen molar-refractivity contribution >= 4 is 11.6 Å². The summed E-state index contributed by atoms with van der Waals surface area (Å²) in [4.78, 5) is 11.9. The zero-order valence-corrected chi connectivity index (χ0v) is 13.2. The summed E-state index contributed by atoms with van der Waals surface area (Å²) in [5.74, 6) is 1.12. The number of hydrazone groups is 1. The van der Waals surface area contributed by atoms with E-state index in [-0.39, 0.29) is 12.3 Å². The molecule has 0 heterocycles. The molecular formula is C16H24N2O3. The summed E-state index contributed by atoms with van der Waals surface area (Å²) in [6.45, 7) is 4.05. The van der Waals surface area contributed by atoms with Crippen molar-refractivity contribution < 1.29 is 14.3 Å². The van der Waals surface area contributed by atoms with Gasteiger partial charge in [-0.2, -0.15) is 5.10 Å². The van der Waals surface area contributed by atoms with Crippen molar-refractivity contribution in [3.05, 3.63) is 23.8 Å². The monoisotopic (exact) mass is 292 g/mol. The molecule has 0 atom stereocenters. The minimum absolute atomic E-state index is 0.141. The number of ether oxygens (including phenoxy) is 2. The lowest BCUT2D eigenvalue weighted by Crippen LogP contribution is -2.21. The lowest BCUT2D eigenvalue weighted by atomic mass is 10.1. The Bertz CT molecular complexity index is 498. The summed E-state index contributed by atoms with van der Waals surface area (Å²) >= 11 is 0. The van der Waals surface area contributed by atoms with E-state index in [4.69, 9.17) is 9.47 Å². The maximum atomic E-state index is 11.9. The van der Waals surface area contributed by atoms with Gasteiger partial charge in [0.2, 0.25) is 5.91 Å². The number of hydrogen-bond donors (Lipinski definition) is 1. The molecule has 0 unspecified atom stereocenters. The van der Waals surface area contributed by atoms with Gasteiger partial charge in [-0.3, -0.25) is 4.79 Å². The van der Waals surface area contributed by atoms with E-state index in [1.54, 1.807) is 26.4 Å². The number of nitrogens with zero attached hydrogens (tertiary/aromatic N) is 1. The topological polar surface area (TPSA) is 59.9 Å². The maximum Gasteiger partial charge on any atom is 0.244 e. The zero-order chi connectivity index (χ0) is 15.7. The van der Waals surface area contributed by atoms with Crippen LogP contribution in [0.25, 0.3) is 0 Å². The molecule has 1 aromatic carbocycles. The van der Waals surface area contributed by atoms with Crippen molar-refractivity contribution in [1.29, 1.82) is 0 Å². The second-order valence-electron chi connectivity index (χ2n) is 4.85. The molecule has 5 nitrogen and oxygen atoms in total. The summed E-state index contributed by atoms with van der Waals surface area (Å²) in [7, 11) is 3.15. The quantitative estimate of drug-likeness (QED) is 0.592. The van der Waals surface area contributed by atoms with Crippen LogP contribution in [0.2, 0.25) is 0 Å². The number of unbranched alkanes of at least 4 members (excludes halogenated alkanes) is 1. The Morgan fingerprint density at radius 3 is 2.57 bits per heavy atom. The standard InChI is InChI=1S/C16H24N2O3/c1-5-6-7-12(2)17-18-16(19)11-13-8-9-14(20-3)15(10-13)21-4/h8-10H,5-7,11H2,1-4H3,(H,18,19)/b17-12+. The Labute approximate surface area is 126 Å². The van der Waals surface area contributed by atoms with E-state index in [9.17, 15) is 4.79 Å². The third kappa shape index (κ3) is 5.85. The fourth-order valence-corrected chi connectivity index (χ4v) is 1.86. The first-order valence-electron chi connectivity index (χ1n) is 7.13. The lowest BCUT2D eigenvalue weighted by molar-refractivity contribution is -0.120. The summed E-state index contributed by atoms with van der Waals surface area (Å²) in [5, 5.41) is 4.10. The van der Waals surface area contributed by atoms with Gasteiger partial charge < -0.3 is 9.47 Å². The molecule has 0 bridgehead atoms. The first-order valence-corrected chi connectivity index (χ1v) is 7.13. The highest BCUT2D eigenvalue weighted by Gasteiger charge is 2.08. The average Bonchev–Trinajstić information content (AvgIpc) is 2.50. The van der Waals surface area contributed by atoms with Gasteiger partial charge >= 0.3 is 0 Å². The van der Waals surface area contributed by atoms with E-state index < -0.39 is 0 Å². The molecule has 1 rings (SSSR count). The molecule has 1 amide bonds. The second-order valence-corrected chi connectivity index (χ2v) is 4.85. The van der Waals surface area contributed by atoms with Gasteiger partial charge in [-0.15, -0.1) is 0 Å². The summed E-state index contributed by atoms with van der Waals surface area (Å²) < 4.78 is 10.4. The number of amides is 1. The van der Waals surface area contributed by atoms with Crippen LogP contribution in [0, 0.1) is 0 Å². The van der Waals surface area contributed by atoms with Crippen LogP contribution < -0.4 is 14.9 Å². The van der Waals surface area contributed by atoms with E-state index in [1.807, 2.05) is 13.0 Å². The predicted octanol–water partition coefficient (Wildman–Crippen LogP) is 2.93. The number of carbonyl (C=O) groups excluding carboxylic acids is 1. The zero-order valence-electron chi connectivity index (χ0n) is 13.2. The van der Waals surface area contributed by atoms with Crippen LogP contribution in [0.3, 0.4) is 0 Å². The minimum Gasteiger partial charge on any atom is -0.493 e. The molecule has 5 heteroatoms. The SMILES string of the molecule is CCCC/C(C)=N/NC(=O)Cc1ccc(OC)c(OC)c1. The van der Waals surface area contributed by atoms with Crippen molar-refractivity contribution in [3.8, 4) is 11.5 Å². The van der Waals surface area contributed by atoms with Gasteiger partial charge in [-0.25, -0.2) is 5.43 Å². The number of benzene rings is 1. The van der Waals surface area contributed by atoms with Crippen molar-refractivity contribution in [1.82, 2.24) is 5.43 Å². The van der Waals surface area contributed by atoms with Gasteiger partial charge in [0.1, 0.15) is 0 Å². The Kier molecular flexibility index (Phi) is 7.29. The third-order valence-electron chi connectivity index (χ3n) is 3.08. The van der Waals surface area contributed by atoms with Crippen LogP contribution in [-0.2, 0) is 11.2 Å². The Morgan fingerprint density at radius 2 is 1.95 bits per heavy atom. The average molecular weight is 292 g/mol. The van der Waals surface area contributed by atoms with Crippen LogP contribution in [0.4, 0.5) is 0 Å². The van der Waals surface area contributed by atoms with E-state index in [0.717, 1.165) is 30.5 Å². The van der Waals surface area contributed by atoms with E-state index in [2.05, 4.69) is 17.5 Å². The predicted molar refractivity (Wildman–Crippen MR) is 84.0 cm³/mol. The third-order valence-corrected chi connectivity index (χ3v) is 3.08. The largest absolute Gasteiger partial charge is 0.493 e. The maximum absolute atomic E-state index is 11.9. The highest BCUT2D eigenvalue weighted by atomic mass is 16.5. The summed E-state index contributed by atoms with van der Waals surface area (Å²) in [6.07, 6.45) is 3.37. The number of carbonyl (C=O) groups is 1. The molecule has 0 saturated carbocycles. The number of nitrogens with one attached hydrogen (secondary N) is 1. The first-order chi connectivity index (χ1) is 10.1. The van der Waals surface area contributed by atoms with Gasteiger partial charge in [0, 0.05) is 5.71 Å². The van der Waals surface area contributed by atoms with E-state index >= 15 is 0 Å².